The molecule has 6 heteroatoms. The van der Waals surface area contributed by atoms with Crippen LogP contribution in [0.1, 0.15) is 29.9 Å². The van der Waals surface area contributed by atoms with Crippen LogP contribution in [-0.4, -0.2) is 27.9 Å². The molecule has 2 aromatic rings. The third-order valence-electron chi connectivity index (χ3n) is 3.41. The summed E-state index contributed by atoms with van der Waals surface area (Å²) in [5.41, 5.74) is 1.17. The molecule has 0 aliphatic carbocycles. The standard InChI is InChI=1S/C16H17BrFN3O/c1-16(2,11-3-5-12(18)6-4-11)10-19-15-8-7-13(20-21-15)14(22)9-17/h3-8H,9-10H2,1-2H3,(H,19,21). The van der Waals surface area contributed by atoms with E-state index in [0.717, 1.165) is 5.56 Å². The summed E-state index contributed by atoms with van der Waals surface area (Å²) in [7, 11) is 0. The molecule has 0 amide bonds. The third kappa shape index (κ3) is 4.10. The SMILES string of the molecule is CC(C)(CNc1ccc(C(=O)CBr)nn1)c1ccc(F)cc1. The van der Waals surface area contributed by atoms with Gasteiger partial charge in [-0.05, 0) is 29.8 Å². The number of hydrogen-bond donors (Lipinski definition) is 1. The van der Waals surface area contributed by atoms with Crippen LogP contribution in [0.15, 0.2) is 36.4 Å². The molecule has 22 heavy (non-hydrogen) atoms. The summed E-state index contributed by atoms with van der Waals surface area (Å²) in [5.74, 6) is 0.248. The highest BCUT2D eigenvalue weighted by molar-refractivity contribution is 9.09. The molecule has 1 heterocycles. The van der Waals surface area contributed by atoms with Crippen molar-refractivity contribution in [1.82, 2.24) is 10.2 Å². The van der Waals surface area contributed by atoms with Gasteiger partial charge < -0.3 is 5.32 Å². The van der Waals surface area contributed by atoms with Crippen molar-refractivity contribution < 1.29 is 9.18 Å². The number of alkyl halides is 1. The predicted octanol–water partition coefficient (Wildman–Crippen LogP) is 3.58. The van der Waals surface area contributed by atoms with Crippen LogP contribution in [0.4, 0.5) is 10.2 Å². The van der Waals surface area contributed by atoms with Gasteiger partial charge in [0.15, 0.2) is 5.78 Å². The van der Waals surface area contributed by atoms with E-state index < -0.39 is 0 Å². The largest absolute Gasteiger partial charge is 0.368 e. The Labute approximate surface area is 137 Å². The number of halogens is 2. The van der Waals surface area contributed by atoms with Crippen molar-refractivity contribution in [3.05, 3.63) is 53.5 Å². The van der Waals surface area contributed by atoms with E-state index in [1.54, 1.807) is 24.3 Å². The van der Waals surface area contributed by atoms with Crippen LogP contribution >= 0.6 is 15.9 Å². The Hall–Kier alpha value is -1.82. The Balaban J connectivity index is 2.02. The minimum atomic E-state index is -0.245. The highest BCUT2D eigenvalue weighted by Gasteiger charge is 2.20. The molecule has 0 saturated heterocycles. The first-order valence-electron chi connectivity index (χ1n) is 6.85. The molecule has 0 aliphatic rings. The van der Waals surface area contributed by atoms with E-state index in [1.807, 2.05) is 0 Å². The molecule has 0 atom stereocenters. The van der Waals surface area contributed by atoms with E-state index in [1.165, 1.54) is 12.1 Å². The van der Waals surface area contributed by atoms with Crippen molar-refractivity contribution in [2.45, 2.75) is 19.3 Å². The Bertz CT molecular complexity index is 641. The first kappa shape index (κ1) is 16.5. The number of Topliss-reactive ketones (excluding diaryl/α,β-unsaturated/α-hetero) is 1. The second-order valence-electron chi connectivity index (χ2n) is 5.60. The second kappa shape index (κ2) is 6.96. The van der Waals surface area contributed by atoms with Crippen molar-refractivity contribution in [1.29, 1.82) is 0 Å². The van der Waals surface area contributed by atoms with Crippen molar-refractivity contribution in [3.8, 4) is 0 Å². The van der Waals surface area contributed by atoms with Gasteiger partial charge in [-0.3, -0.25) is 4.79 Å². The van der Waals surface area contributed by atoms with Crippen LogP contribution in [0, 0.1) is 5.82 Å². The van der Waals surface area contributed by atoms with Gasteiger partial charge in [-0.2, -0.15) is 0 Å². The van der Waals surface area contributed by atoms with Gasteiger partial charge in [-0.1, -0.05) is 41.9 Å². The molecule has 4 nitrogen and oxygen atoms in total. The van der Waals surface area contributed by atoms with Gasteiger partial charge in [-0.15, -0.1) is 10.2 Å². The lowest BCUT2D eigenvalue weighted by atomic mass is 9.84. The lowest BCUT2D eigenvalue weighted by Gasteiger charge is -2.25. The molecular formula is C16H17BrFN3O. The summed E-state index contributed by atoms with van der Waals surface area (Å²) in [6.45, 7) is 4.73. The molecular weight excluding hydrogens is 349 g/mol. The number of aromatic nitrogens is 2. The van der Waals surface area contributed by atoms with E-state index in [4.69, 9.17) is 0 Å². The average molecular weight is 366 g/mol. The fourth-order valence-corrected chi connectivity index (χ4v) is 2.25. The number of hydrogen-bond acceptors (Lipinski definition) is 4. The first-order valence-corrected chi connectivity index (χ1v) is 7.97. The Morgan fingerprint density at radius 2 is 1.86 bits per heavy atom. The maximum absolute atomic E-state index is 13.0. The van der Waals surface area contributed by atoms with Crippen molar-refractivity contribution in [2.75, 3.05) is 17.2 Å². The molecule has 2 rings (SSSR count). The van der Waals surface area contributed by atoms with E-state index in [0.29, 0.717) is 18.1 Å². The number of nitrogens with zero attached hydrogens (tertiary/aromatic N) is 2. The van der Waals surface area contributed by atoms with E-state index in [9.17, 15) is 9.18 Å². The van der Waals surface area contributed by atoms with Crippen LogP contribution in [0.3, 0.4) is 0 Å². The van der Waals surface area contributed by atoms with Crippen LogP contribution in [0.25, 0.3) is 0 Å². The summed E-state index contributed by atoms with van der Waals surface area (Å²) >= 11 is 3.10. The number of anilines is 1. The molecule has 0 spiro atoms. The van der Waals surface area contributed by atoms with Gasteiger partial charge in [0.05, 0.1) is 5.33 Å². The lowest BCUT2D eigenvalue weighted by molar-refractivity contribution is 0.101. The highest BCUT2D eigenvalue weighted by atomic mass is 79.9. The lowest BCUT2D eigenvalue weighted by Crippen LogP contribution is -2.28. The molecule has 0 fully saturated rings. The van der Waals surface area contributed by atoms with Crippen LogP contribution in [0.2, 0.25) is 0 Å². The average Bonchev–Trinajstić information content (AvgIpc) is 2.53. The maximum Gasteiger partial charge on any atom is 0.193 e. The summed E-state index contributed by atoms with van der Waals surface area (Å²) in [5, 5.41) is 11.3. The number of carbonyl (C=O) groups excluding carboxylic acids is 1. The van der Waals surface area contributed by atoms with Gasteiger partial charge >= 0.3 is 0 Å². The number of carbonyl (C=O) groups is 1. The van der Waals surface area contributed by atoms with Crippen molar-refractivity contribution in [2.24, 2.45) is 0 Å². The zero-order valence-electron chi connectivity index (χ0n) is 12.4. The van der Waals surface area contributed by atoms with Gasteiger partial charge in [0.2, 0.25) is 0 Å². The van der Waals surface area contributed by atoms with Gasteiger partial charge in [0.1, 0.15) is 17.3 Å². The Morgan fingerprint density at radius 1 is 1.18 bits per heavy atom. The van der Waals surface area contributed by atoms with Crippen LogP contribution in [-0.2, 0) is 5.41 Å². The molecule has 0 aliphatic heterocycles. The first-order chi connectivity index (χ1) is 10.4. The third-order valence-corrected chi connectivity index (χ3v) is 3.92. The Morgan fingerprint density at radius 3 is 2.41 bits per heavy atom. The zero-order valence-corrected chi connectivity index (χ0v) is 14.0. The highest BCUT2D eigenvalue weighted by Crippen LogP contribution is 2.23. The van der Waals surface area contributed by atoms with Gasteiger partial charge in [0.25, 0.3) is 0 Å². The fraction of sp³-hybridized carbons (Fsp3) is 0.312. The molecule has 0 unspecified atom stereocenters. The van der Waals surface area contributed by atoms with Crippen LogP contribution in [0.5, 0.6) is 0 Å². The zero-order chi connectivity index (χ0) is 16.2. The minimum Gasteiger partial charge on any atom is -0.368 e. The molecule has 1 aromatic heterocycles. The summed E-state index contributed by atoms with van der Waals surface area (Å²) in [4.78, 5) is 11.5. The normalized spacial score (nSPS) is 11.3. The number of rotatable bonds is 6. The molecule has 0 saturated carbocycles. The summed E-state index contributed by atoms with van der Waals surface area (Å²) < 4.78 is 13.0. The van der Waals surface area contributed by atoms with Crippen molar-refractivity contribution in [3.63, 3.8) is 0 Å². The number of benzene rings is 1. The summed E-state index contributed by atoms with van der Waals surface area (Å²) in [6.07, 6.45) is 0. The monoisotopic (exact) mass is 365 g/mol. The number of nitrogens with one attached hydrogen (secondary N) is 1. The Kier molecular flexibility index (Phi) is 5.24. The van der Waals surface area contributed by atoms with E-state index >= 15 is 0 Å². The maximum atomic E-state index is 13.0. The second-order valence-corrected chi connectivity index (χ2v) is 6.17. The van der Waals surface area contributed by atoms with Crippen molar-refractivity contribution >= 4 is 27.5 Å². The quantitative estimate of drug-likeness (QED) is 0.627. The summed E-state index contributed by atoms with van der Waals surface area (Å²) in [6, 6.07) is 9.84. The molecule has 0 radical (unpaired) electrons. The fourth-order valence-electron chi connectivity index (χ4n) is 1.96. The van der Waals surface area contributed by atoms with Gasteiger partial charge in [-0.25, -0.2) is 4.39 Å². The van der Waals surface area contributed by atoms with Crippen LogP contribution < -0.4 is 5.32 Å². The van der Waals surface area contributed by atoms with E-state index in [-0.39, 0.29) is 22.3 Å². The minimum absolute atomic E-state index is 0.106. The van der Waals surface area contributed by atoms with E-state index in [2.05, 4.69) is 45.3 Å². The molecule has 116 valence electrons. The smallest absolute Gasteiger partial charge is 0.193 e. The molecule has 0 bridgehead atoms. The molecule has 1 aromatic carbocycles. The number of ketones is 1. The topological polar surface area (TPSA) is 54.9 Å². The molecule has 1 N–H and O–H groups in total. The predicted molar refractivity (Wildman–Crippen MR) is 88.1 cm³/mol. The van der Waals surface area contributed by atoms with Gasteiger partial charge in [0, 0.05) is 12.0 Å².